The predicted octanol–water partition coefficient (Wildman–Crippen LogP) is -0.251. The van der Waals surface area contributed by atoms with Gasteiger partial charge in [-0.3, -0.25) is 0 Å². The number of hydrogen-bond donors (Lipinski definition) is 0. The van der Waals surface area contributed by atoms with Gasteiger partial charge in [-0.1, -0.05) is 0 Å². The summed E-state index contributed by atoms with van der Waals surface area (Å²) in [6.45, 7) is 1.97. The molecule has 0 saturated heterocycles. The van der Waals surface area contributed by atoms with Crippen LogP contribution in [0.5, 0.6) is 0 Å². The topological polar surface area (TPSA) is 18.5 Å². The van der Waals surface area contributed by atoms with Gasteiger partial charge in [-0.05, 0) is 6.55 Å². The largest absolute Gasteiger partial charge is 0.400 e. The van der Waals surface area contributed by atoms with Gasteiger partial charge in [-0.25, -0.2) is 0 Å². The highest BCUT2D eigenvalue weighted by Gasteiger charge is 1.94. The molecular weight excluding hydrogens is 124 g/mol. The van der Waals surface area contributed by atoms with E-state index in [1.807, 2.05) is 6.55 Å². The van der Waals surface area contributed by atoms with E-state index in [0.717, 1.165) is 0 Å². The number of rotatable bonds is 2. The van der Waals surface area contributed by atoms with Crippen molar-refractivity contribution in [2.24, 2.45) is 0 Å². The average molecular weight is 134 g/mol. The summed E-state index contributed by atoms with van der Waals surface area (Å²) in [5.41, 5.74) is 0. The molecule has 0 bridgehead atoms. The quantitative estimate of drug-likeness (QED) is 0.485. The Bertz CT molecular complexity index is 30.1. The van der Waals surface area contributed by atoms with E-state index in [-0.39, 0.29) is 11.0 Å². The fourth-order valence-electron chi connectivity index (χ4n) is 0.0962. The summed E-state index contributed by atoms with van der Waals surface area (Å²) in [5.74, 6) is 0. The van der Waals surface area contributed by atoms with Crippen LogP contribution in [0.25, 0.3) is 0 Å². The number of hydrogen-bond acceptors (Lipinski definition) is 2. The third-order valence-electron chi connectivity index (χ3n) is 0.664. The lowest BCUT2D eigenvalue weighted by Gasteiger charge is -2.00. The second-order valence-electron chi connectivity index (χ2n) is 1.04. The first kappa shape index (κ1) is 10.4. The van der Waals surface area contributed by atoms with Gasteiger partial charge in [-0.2, -0.15) is 0 Å². The van der Waals surface area contributed by atoms with Crippen molar-refractivity contribution in [1.82, 2.24) is 0 Å². The van der Waals surface area contributed by atoms with E-state index < -0.39 is 9.28 Å². The van der Waals surface area contributed by atoms with Crippen molar-refractivity contribution in [3.8, 4) is 0 Å². The van der Waals surface area contributed by atoms with Crippen LogP contribution in [0.3, 0.4) is 0 Å². The van der Waals surface area contributed by atoms with E-state index in [0.29, 0.717) is 0 Å². The molecule has 0 spiro atoms. The average Bonchev–Trinajstić information content (AvgIpc) is 1.65. The maximum atomic E-state index is 4.82. The first-order valence-electron chi connectivity index (χ1n) is 1.87. The van der Waals surface area contributed by atoms with Gasteiger partial charge in [0.15, 0.2) is 0 Å². The highest BCUT2D eigenvalue weighted by atomic mass is 28.3. The van der Waals surface area contributed by atoms with Crippen LogP contribution in [0.2, 0.25) is 6.55 Å². The fourth-order valence-corrected chi connectivity index (χ4v) is 0.289. The second-order valence-corrected chi connectivity index (χ2v) is 3.12. The monoisotopic (exact) mass is 134 g/mol. The molecule has 0 aromatic rings. The zero-order valence-electron chi connectivity index (χ0n) is 4.89. The molecule has 0 amide bonds. The molecule has 0 atom stereocenters. The maximum Gasteiger partial charge on any atom is 0.317 e. The maximum absolute atomic E-state index is 4.82. The van der Waals surface area contributed by atoms with Gasteiger partial charge in [0.05, 0.1) is 0 Å². The second kappa shape index (κ2) is 6.35. The molecule has 0 aromatic heterocycles. The Kier molecular flexibility index (Phi) is 9.40. The zero-order chi connectivity index (χ0) is 4.99. The normalized spacial score (nSPS) is 8.57. The molecule has 0 unspecified atom stereocenters. The lowest BCUT2D eigenvalue weighted by atomic mass is 11.8. The minimum absolute atomic E-state index is 0. The Balaban J connectivity index is 0. The minimum atomic E-state index is -1.16. The zero-order valence-corrected chi connectivity index (χ0v) is 7.05. The van der Waals surface area contributed by atoms with E-state index in [4.69, 9.17) is 8.85 Å². The van der Waals surface area contributed by atoms with E-state index in [1.54, 1.807) is 14.2 Å². The van der Waals surface area contributed by atoms with Crippen molar-refractivity contribution in [2.45, 2.75) is 6.55 Å². The molecule has 7 heavy (non-hydrogen) atoms. The highest BCUT2D eigenvalue weighted by molar-refractivity contribution is 6.42. The molecule has 42 valence electrons. The first-order chi connectivity index (χ1) is 2.81. The summed E-state index contributed by atoms with van der Waals surface area (Å²) >= 11 is 0. The van der Waals surface area contributed by atoms with Gasteiger partial charge < -0.3 is 8.85 Å². The lowest BCUT2D eigenvalue weighted by molar-refractivity contribution is 0.285. The minimum Gasteiger partial charge on any atom is -0.400 e. The standard InChI is InChI=1S/C3H10O2Si.Si/c1-4-6(3)5-2;/h6H,1-3H3;. The Morgan fingerprint density at radius 1 is 1.14 bits per heavy atom. The fraction of sp³-hybridized carbons (Fsp3) is 1.00. The van der Waals surface area contributed by atoms with Crippen molar-refractivity contribution in [2.75, 3.05) is 14.2 Å². The Morgan fingerprint density at radius 3 is 1.43 bits per heavy atom. The van der Waals surface area contributed by atoms with Crippen molar-refractivity contribution in [1.29, 1.82) is 0 Å². The molecule has 0 heterocycles. The molecular formula is C3H10O2Si2. The van der Waals surface area contributed by atoms with Gasteiger partial charge in [0.25, 0.3) is 0 Å². The van der Waals surface area contributed by atoms with Crippen molar-refractivity contribution < 1.29 is 8.85 Å². The lowest BCUT2D eigenvalue weighted by Crippen LogP contribution is -2.12. The Labute approximate surface area is 50.7 Å². The van der Waals surface area contributed by atoms with Crippen molar-refractivity contribution in [3.63, 3.8) is 0 Å². The molecule has 2 nitrogen and oxygen atoms in total. The molecule has 4 radical (unpaired) electrons. The molecule has 0 aliphatic carbocycles. The molecule has 4 heteroatoms. The molecule has 0 fully saturated rings. The molecule has 0 saturated carbocycles. The van der Waals surface area contributed by atoms with E-state index >= 15 is 0 Å². The third-order valence-corrected chi connectivity index (χ3v) is 1.99. The van der Waals surface area contributed by atoms with Crippen LogP contribution >= 0.6 is 0 Å². The van der Waals surface area contributed by atoms with Crippen molar-refractivity contribution >= 4 is 20.2 Å². The van der Waals surface area contributed by atoms with Gasteiger partial charge in [0, 0.05) is 25.2 Å². The van der Waals surface area contributed by atoms with Crippen LogP contribution < -0.4 is 0 Å². The first-order valence-corrected chi connectivity index (χ1v) is 3.96. The van der Waals surface area contributed by atoms with Gasteiger partial charge in [-0.15, -0.1) is 0 Å². The summed E-state index contributed by atoms with van der Waals surface area (Å²) in [6, 6.07) is 0. The summed E-state index contributed by atoms with van der Waals surface area (Å²) < 4.78 is 9.63. The van der Waals surface area contributed by atoms with Crippen molar-refractivity contribution in [3.05, 3.63) is 0 Å². The summed E-state index contributed by atoms with van der Waals surface area (Å²) in [7, 11) is 2.17. The summed E-state index contributed by atoms with van der Waals surface area (Å²) in [6.07, 6.45) is 0. The third kappa shape index (κ3) is 6.35. The van der Waals surface area contributed by atoms with Crippen LogP contribution in [-0.2, 0) is 8.85 Å². The van der Waals surface area contributed by atoms with Crippen LogP contribution in [-0.4, -0.2) is 34.5 Å². The van der Waals surface area contributed by atoms with Gasteiger partial charge in [0.2, 0.25) is 0 Å². The summed E-state index contributed by atoms with van der Waals surface area (Å²) in [5, 5.41) is 0. The Morgan fingerprint density at radius 2 is 1.43 bits per heavy atom. The molecule has 0 aromatic carbocycles. The molecule has 0 N–H and O–H groups in total. The van der Waals surface area contributed by atoms with Crippen LogP contribution in [0.1, 0.15) is 0 Å². The predicted molar refractivity (Wildman–Crippen MR) is 32.8 cm³/mol. The SMILES string of the molecule is CO[SiH](C)OC.[Si]. The van der Waals surface area contributed by atoms with Crippen LogP contribution in [0, 0.1) is 0 Å². The smallest absolute Gasteiger partial charge is 0.317 e. The van der Waals surface area contributed by atoms with E-state index in [2.05, 4.69) is 0 Å². The van der Waals surface area contributed by atoms with Gasteiger partial charge >= 0.3 is 9.28 Å². The van der Waals surface area contributed by atoms with Crippen LogP contribution in [0.4, 0.5) is 0 Å². The molecule has 0 aliphatic heterocycles. The molecule has 0 rings (SSSR count). The summed E-state index contributed by atoms with van der Waals surface area (Å²) in [4.78, 5) is 0. The highest BCUT2D eigenvalue weighted by Crippen LogP contribution is 1.77. The Hall–Kier alpha value is 0.354. The van der Waals surface area contributed by atoms with Crippen LogP contribution in [0.15, 0.2) is 0 Å². The van der Waals surface area contributed by atoms with E-state index in [9.17, 15) is 0 Å². The molecule has 0 aliphatic rings. The van der Waals surface area contributed by atoms with Gasteiger partial charge in [0.1, 0.15) is 0 Å². The van der Waals surface area contributed by atoms with E-state index in [1.165, 1.54) is 0 Å².